The van der Waals surface area contributed by atoms with Gasteiger partial charge in [0, 0.05) is 24.6 Å². The van der Waals surface area contributed by atoms with Crippen LogP contribution in [0.4, 0.5) is 0 Å². The van der Waals surface area contributed by atoms with Crippen LogP contribution in [-0.2, 0) is 16.0 Å². The Balaban J connectivity index is 1.58. The molecule has 1 saturated carbocycles. The number of ether oxygens (including phenoxy) is 1. The van der Waals surface area contributed by atoms with Crippen LogP contribution in [0.3, 0.4) is 0 Å². The van der Waals surface area contributed by atoms with Gasteiger partial charge in [-0.3, -0.25) is 4.79 Å². The number of aliphatic hydroxyl groups is 1. The predicted molar refractivity (Wildman–Crippen MR) is 91.5 cm³/mol. The molecule has 1 N–H and O–H groups in total. The molecule has 2 aliphatic heterocycles. The van der Waals surface area contributed by atoms with Crippen LogP contribution in [0.15, 0.2) is 30.3 Å². The lowest BCUT2D eigenvalue weighted by molar-refractivity contribution is -0.141. The van der Waals surface area contributed by atoms with Gasteiger partial charge in [-0.15, -0.1) is 0 Å². The van der Waals surface area contributed by atoms with Crippen LogP contribution in [0, 0.1) is 10.8 Å². The Morgan fingerprint density at radius 2 is 2.04 bits per heavy atom. The van der Waals surface area contributed by atoms with E-state index in [4.69, 9.17) is 4.74 Å². The second-order valence-electron chi connectivity index (χ2n) is 8.06. The van der Waals surface area contributed by atoms with E-state index in [2.05, 4.69) is 17.0 Å². The SMILES string of the molecule is COCC1(C(=O)N2[C@H]3CC[C@@H]2[C@@](CO)(Cc2ccccc2)C3)CC1. The van der Waals surface area contributed by atoms with Crippen LogP contribution in [-0.4, -0.2) is 48.3 Å². The van der Waals surface area contributed by atoms with Crippen molar-refractivity contribution in [2.45, 2.75) is 50.6 Å². The van der Waals surface area contributed by atoms with E-state index in [1.54, 1.807) is 7.11 Å². The topological polar surface area (TPSA) is 49.8 Å². The van der Waals surface area contributed by atoms with Crippen molar-refractivity contribution < 1.29 is 14.6 Å². The van der Waals surface area contributed by atoms with E-state index < -0.39 is 0 Å². The minimum Gasteiger partial charge on any atom is -0.396 e. The van der Waals surface area contributed by atoms with Gasteiger partial charge in [-0.05, 0) is 44.1 Å². The molecule has 1 aliphatic carbocycles. The minimum atomic E-state index is -0.270. The summed E-state index contributed by atoms with van der Waals surface area (Å²) < 4.78 is 5.32. The van der Waals surface area contributed by atoms with Gasteiger partial charge in [0.05, 0.1) is 18.6 Å². The third-order valence-electron chi connectivity index (χ3n) is 6.53. The predicted octanol–water partition coefficient (Wildman–Crippen LogP) is 2.40. The summed E-state index contributed by atoms with van der Waals surface area (Å²) in [5, 5.41) is 10.3. The average Bonchev–Trinajstić information content (AvgIpc) is 3.19. The summed E-state index contributed by atoms with van der Waals surface area (Å²) in [6, 6.07) is 10.9. The van der Waals surface area contributed by atoms with Gasteiger partial charge in [0.15, 0.2) is 0 Å². The Morgan fingerprint density at radius 3 is 2.67 bits per heavy atom. The van der Waals surface area contributed by atoms with Crippen LogP contribution in [0.2, 0.25) is 0 Å². The number of amides is 1. The molecule has 1 aromatic carbocycles. The van der Waals surface area contributed by atoms with Crippen LogP contribution >= 0.6 is 0 Å². The van der Waals surface area contributed by atoms with Crippen molar-refractivity contribution in [3.63, 3.8) is 0 Å². The third kappa shape index (κ3) is 2.39. The number of carbonyl (C=O) groups excluding carboxylic acids is 1. The van der Waals surface area contributed by atoms with Crippen molar-refractivity contribution in [3.8, 4) is 0 Å². The number of hydrogen-bond donors (Lipinski definition) is 1. The van der Waals surface area contributed by atoms with Gasteiger partial charge < -0.3 is 14.7 Å². The van der Waals surface area contributed by atoms with Crippen molar-refractivity contribution in [2.75, 3.05) is 20.3 Å². The summed E-state index contributed by atoms with van der Waals surface area (Å²) in [5.74, 6) is 0.278. The first-order chi connectivity index (χ1) is 11.6. The highest BCUT2D eigenvalue weighted by Gasteiger charge is 2.62. The molecule has 130 valence electrons. The molecule has 3 fully saturated rings. The molecule has 0 aromatic heterocycles. The Morgan fingerprint density at radius 1 is 1.29 bits per heavy atom. The number of fused-ring (bicyclic) bond motifs is 2. The molecule has 0 radical (unpaired) electrons. The van der Waals surface area contributed by atoms with Crippen molar-refractivity contribution in [1.82, 2.24) is 4.90 Å². The standard InChI is InChI=1S/C20H27NO3/c1-24-14-19(9-10-19)18(23)21-16-7-8-17(21)20(12-16,13-22)11-15-5-3-2-4-6-15/h2-6,16-17,22H,7-14H2,1H3/t16-,17+,20-/m0/s1. The lowest BCUT2D eigenvalue weighted by Gasteiger charge is -2.36. The molecule has 4 rings (SSSR count). The second kappa shape index (κ2) is 5.85. The molecule has 0 unspecified atom stereocenters. The zero-order valence-corrected chi connectivity index (χ0v) is 14.4. The Kier molecular flexibility index (Phi) is 3.92. The molecule has 3 atom stereocenters. The lowest BCUT2D eigenvalue weighted by atomic mass is 9.70. The van der Waals surface area contributed by atoms with Crippen LogP contribution in [0.25, 0.3) is 0 Å². The normalized spacial score (nSPS) is 33.0. The molecule has 4 nitrogen and oxygen atoms in total. The highest BCUT2D eigenvalue weighted by Crippen LogP contribution is 2.56. The fraction of sp³-hybridized carbons (Fsp3) is 0.650. The number of rotatable bonds is 6. The summed E-state index contributed by atoms with van der Waals surface area (Å²) in [7, 11) is 1.68. The highest BCUT2D eigenvalue weighted by atomic mass is 16.5. The van der Waals surface area contributed by atoms with E-state index in [0.717, 1.165) is 38.5 Å². The van der Waals surface area contributed by atoms with Gasteiger partial charge in [0.2, 0.25) is 5.91 Å². The third-order valence-corrected chi connectivity index (χ3v) is 6.53. The number of aliphatic hydroxyl groups excluding tert-OH is 1. The van der Waals surface area contributed by atoms with Gasteiger partial charge in [0.25, 0.3) is 0 Å². The molecule has 2 heterocycles. The summed E-state index contributed by atoms with van der Waals surface area (Å²) >= 11 is 0. The van der Waals surface area contributed by atoms with Gasteiger partial charge in [0.1, 0.15) is 0 Å². The Hall–Kier alpha value is -1.39. The van der Waals surface area contributed by atoms with E-state index in [1.165, 1.54) is 5.56 Å². The fourth-order valence-corrected chi connectivity index (χ4v) is 5.14. The largest absolute Gasteiger partial charge is 0.396 e. The van der Waals surface area contributed by atoms with Crippen LogP contribution in [0.5, 0.6) is 0 Å². The average molecular weight is 329 g/mol. The highest BCUT2D eigenvalue weighted by molar-refractivity contribution is 5.86. The summed E-state index contributed by atoms with van der Waals surface area (Å²) in [6.07, 6.45) is 5.77. The molecule has 2 bridgehead atoms. The first-order valence-electron chi connectivity index (χ1n) is 9.11. The molecular formula is C20H27NO3. The molecule has 0 spiro atoms. The molecule has 2 saturated heterocycles. The first-order valence-corrected chi connectivity index (χ1v) is 9.11. The van der Waals surface area contributed by atoms with Crippen molar-refractivity contribution in [2.24, 2.45) is 10.8 Å². The molecular weight excluding hydrogens is 302 g/mol. The number of benzene rings is 1. The Labute approximate surface area is 143 Å². The van der Waals surface area contributed by atoms with Crippen molar-refractivity contribution in [1.29, 1.82) is 0 Å². The van der Waals surface area contributed by atoms with Gasteiger partial charge in [-0.25, -0.2) is 0 Å². The van der Waals surface area contributed by atoms with Crippen LogP contribution in [0.1, 0.15) is 37.7 Å². The van der Waals surface area contributed by atoms with Crippen molar-refractivity contribution in [3.05, 3.63) is 35.9 Å². The maximum Gasteiger partial charge on any atom is 0.231 e. The first kappa shape index (κ1) is 16.1. The van der Waals surface area contributed by atoms with Crippen molar-refractivity contribution >= 4 is 5.91 Å². The summed E-state index contributed by atoms with van der Waals surface area (Å²) in [4.78, 5) is 15.3. The molecule has 3 aliphatic rings. The molecule has 1 aromatic rings. The van der Waals surface area contributed by atoms with Gasteiger partial charge >= 0.3 is 0 Å². The zero-order chi connectivity index (χ0) is 16.8. The van der Waals surface area contributed by atoms with E-state index >= 15 is 0 Å². The number of nitrogens with zero attached hydrogens (tertiary/aromatic N) is 1. The number of methoxy groups -OCH3 is 1. The maximum atomic E-state index is 13.2. The molecule has 1 amide bonds. The summed E-state index contributed by atoms with van der Waals surface area (Å²) in [6.45, 7) is 0.691. The minimum absolute atomic E-state index is 0.157. The molecule has 24 heavy (non-hydrogen) atoms. The summed E-state index contributed by atoms with van der Waals surface area (Å²) in [5.41, 5.74) is 0.807. The quantitative estimate of drug-likeness (QED) is 0.872. The van der Waals surface area contributed by atoms with Gasteiger partial charge in [-0.2, -0.15) is 0 Å². The second-order valence-corrected chi connectivity index (χ2v) is 8.06. The van der Waals surface area contributed by atoms with E-state index in [9.17, 15) is 9.90 Å². The monoisotopic (exact) mass is 329 g/mol. The van der Waals surface area contributed by atoms with Gasteiger partial charge in [-0.1, -0.05) is 30.3 Å². The van der Waals surface area contributed by atoms with E-state index in [1.807, 2.05) is 18.2 Å². The number of hydrogen-bond acceptors (Lipinski definition) is 3. The molecule has 4 heteroatoms. The Bertz CT molecular complexity index is 613. The maximum absolute atomic E-state index is 13.2. The number of carbonyl (C=O) groups is 1. The smallest absolute Gasteiger partial charge is 0.231 e. The lowest BCUT2D eigenvalue weighted by Crippen LogP contribution is -2.47. The zero-order valence-electron chi connectivity index (χ0n) is 14.4. The van der Waals surface area contributed by atoms with E-state index in [0.29, 0.717) is 12.6 Å². The fourth-order valence-electron chi connectivity index (χ4n) is 5.14. The van der Waals surface area contributed by atoms with E-state index in [-0.39, 0.29) is 29.4 Å². The van der Waals surface area contributed by atoms with Crippen LogP contribution < -0.4 is 0 Å².